The molecule has 0 aliphatic rings. The number of nitrogens with two attached hydrogens (primary N) is 1. The normalized spacial score (nSPS) is 9.75. The van der Waals surface area contributed by atoms with Crippen LogP contribution in [0, 0.1) is 0 Å². The first-order valence-electron chi connectivity index (χ1n) is 3.32. The minimum absolute atomic E-state index is 0.114. The second-order valence-electron chi connectivity index (χ2n) is 2.10. The Balaban J connectivity index is 2.47. The van der Waals surface area contributed by atoms with Gasteiger partial charge in [-0.05, 0) is 0 Å². The number of carboxylic acids is 1. The summed E-state index contributed by atoms with van der Waals surface area (Å²) in [5.74, 6) is -0.903. The van der Waals surface area contributed by atoms with Gasteiger partial charge in [-0.3, -0.25) is 4.79 Å². The van der Waals surface area contributed by atoms with Gasteiger partial charge in [-0.1, -0.05) is 0 Å². The van der Waals surface area contributed by atoms with Crippen molar-refractivity contribution < 1.29 is 9.90 Å². The molecule has 0 spiro atoms. The van der Waals surface area contributed by atoms with Gasteiger partial charge in [-0.25, -0.2) is 4.98 Å². The fourth-order valence-corrected chi connectivity index (χ4v) is 1.36. The standard InChI is InChI=1S/C6H9N3O2S/c7-1-4-3-12-6(9-4)8-2-5(10)11/h3H,1-2,7H2,(H,8,9)(H,10,11). The molecule has 0 atom stereocenters. The van der Waals surface area contributed by atoms with Crippen LogP contribution in [0.15, 0.2) is 5.38 Å². The molecule has 0 aliphatic heterocycles. The van der Waals surface area contributed by atoms with Crippen LogP contribution in [-0.4, -0.2) is 22.6 Å². The van der Waals surface area contributed by atoms with Gasteiger partial charge in [0.15, 0.2) is 5.13 Å². The van der Waals surface area contributed by atoms with E-state index < -0.39 is 5.97 Å². The molecule has 5 nitrogen and oxygen atoms in total. The molecule has 1 aromatic rings. The minimum atomic E-state index is -0.903. The highest BCUT2D eigenvalue weighted by Gasteiger charge is 2.01. The quantitative estimate of drug-likeness (QED) is 0.622. The van der Waals surface area contributed by atoms with E-state index in [-0.39, 0.29) is 6.54 Å². The van der Waals surface area contributed by atoms with Crippen LogP contribution in [-0.2, 0) is 11.3 Å². The van der Waals surface area contributed by atoms with Gasteiger partial charge >= 0.3 is 5.97 Å². The molecule has 0 unspecified atom stereocenters. The zero-order valence-corrected chi connectivity index (χ0v) is 7.10. The van der Waals surface area contributed by atoms with E-state index >= 15 is 0 Å². The molecule has 0 radical (unpaired) electrons. The van der Waals surface area contributed by atoms with E-state index in [4.69, 9.17) is 10.8 Å². The Morgan fingerprint density at radius 2 is 2.58 bits per heavy atom. The molecule has 1 rings (SSSR count). The average molecular weight is 187 g/mol. The Kier molecular flexibility index (Phi) is 3.01. The lowest BCUT2D eigenvalue weighted by Gasteiger charge is -1.95. The molecule has 0 bridgehead atoms. The molecule has 6 heteroatoms. The van der Waals surface area contributed by atoms with Crippen LogP contribution in [0.25, 0.3) is 0 Å². The molecule has 0 saturated carbocycles. The van der Waals surface area contributed by atoms with Crippen molar-refractivity contribution >= 4 is 22.4 Å². The maximum Gasteiger partial charge on any atom is 0.322 e. The molecule has 12 heavy (non-hydrogen) atoms. The van der Waals surface area contributed by atoms with Crippen LogP contribution in [0.4, 0.5) is 5.13 Å². The van der Waals surface area contributed by atoms with E-state index in [1.54, 1.807) is 5.38 Å². The van der Waals surface area contributed by atoms with Crippen LogP contribution in [0.2, 0.25) is 0 Å². The molecule has 1 aromatic heterocycles. The van der Waals surface area contributed by atoms with Crippen LogP contribution in [0.1, 0.15) is 5.69 Å². The molecule has 4 N–H and O–H groups in total. The summed E-state index contributed by atoms with van der Waals surface area (Å²) in [6.45, 7) is 0.267. The molecule has 0 fully saturated rings. The number of hydrogen-bond donors (Lipinski definition) is 3. The number of hydrogen-bond acceptors (Lipinski definition) is 5. The van der Waals surface area contributed by atoms with E-state index in [1.165, 1.54) is 11.3 Å². The Morgan fingerprint density at radius 3 is 3.08 bits per heavy atom. The topological polar surface area (TPSA) is 88.2 Å². The second-order valence-corrected chi connectivity index (χ2v) is 2.95. The summed E-state index contributed by atoms with van der Waals surface area (Å²) in [5, 5.41) is 13.4. The average Bonchev–Trinajstić information content (AvgIpc) is 2.48. The highest BCUT2D eigenvalue weighted by atomic mass is 32.1. The van der Waals surface area contributed by atoms with Crippen LogP contribution < -0.4 is 11.1 Å². The van der Waals surface area contributed by atoms with Gasteiger partial charge in [0.1, 0.15) is 6.54 Å². The predicted octanol–water partition coefficient (Wildman–Crippen LogP) is 0.0983. The largest absolute Gasteiger partial charge is 0.480 e. The number of carboxylic acid groups (broad SMARTS) is 1. The van der Waals surface area contributed by atoms with E-state index in [1.807, 2.05) is 0 Å². The van der Waals surface area contributed by atoms with E-state index in [9.17, 15) is 4.79 Å². The molecule has 0 saturated heterocycles. The summed E-state index contributed by atoms with van der Waals surface area (Å²) in [7, 11) is 0. The van der Waals surface area contributed by atoms with Gasteiger partial charge in [0, 0.05) is 11.9 Å². The van der Waals surface area contributed by atoms with Crippen LogP contribution in [0.3, 0.4) is 0 Å². The van der Waals surface area contributed by atoms with Gasteiger partial charge in [-0.15, -0.1) is 11.3 Å². The van der Waals surface area contributed by atoms with E-state index in [0.29, 0.717) is 11.7 Å². The third-order valence-electron chi connectivity index (χ3n) is 1.15. The Labute approximate surface area is 73.2 Å². The van der Waals surface area contributed by atoms with Gasteiger partial charge < -0.3 is 16.2 Å². The van der Waals surface area contributed by atoms with Crippen molar-refractivity contribution in [3.05, 3.63) is 11.1 Å². The minimum Gasteiger partial charge on any atom is -0.480 e. The first-order chi connectivity index (χ1) is 5.72. The maximum absolute atomic E-state index is 10.1. The number of anilines is 1. The molecular weight excluding hydrogens is 178 g/mol. The van der Waals surface area contributed by atoms with Crippen LogP contribution in [0.5, 0.6) is 0 Å². The van der Waals surface area contributed by atoms with Crippen molar-refractivity contribution in [3.63, 3.8) is 0 Å². The number of aromatic nitrogens is 1. The van der Waals surface area contributed by atoms with Crippen LogP contribution >= 0.6 is 11.3 Å². The predicted molar refractivity (Wildman–Crippen MR) is 46.1 cm³/mol. The van der Waals surface area contributed by atoms with Gasteiger partial charge in [-0.2, -0.15) is 0 Å². The van der Waals surface area contributed by atoms with Gasteiger partial charge in [0.25, 0.3) is 0 Å². The summed E-state index contributed by atoms with van der Waals surface area (Å²) >= 11 is 1.35. The monoisotopic (exact) mass is 187 g/mol. The lowest BCUT2D eigenvalue weighted by Crippen LogP contribution is -2.12. The Hall–Kier alpha value is -1.14. The summed E-state index contributed by atoms with van der Waals surface area (Å²) in [6.07, 6.45) is 0. The summed E-state index contributed by atoms with van der Waals surface area (Å²) in [6, 6.07) is 0. The Bertz CT molecular complexity index is 274. The molecular formula is C6H9N3O2S. The highest BCUT2D eigenvalue weighted by molar-refractivity contribution is 7.13. The first-order valence-corrected chi connectivity index (χ1v) is 4.20. The fraction of sp³-hybridized carbons (Fsp3) is 0.333. The SMILES string of the molecule is NCc1csc(NCC(=O)O)n1. The van der Waals surface area contributed by atoms with E-state index in [0.717, 1.165) is 5.69 Å². The maximum atomic E-state index is 10.1. The number of thiazole rings is 1. The molecule has 0 amide bonds. The van der Waals surface area contributed by atoms with Crippen molar-refractivity contribution in [2.45, 2.75) is 6.54 Å². The molecule has 0 aliphatic carbocycles. The van der Waals surface area contributed by atoms with E-state index in [2.05, 4.69) is 10.3 Å². The zero-order chi connectivity index (χ0) is 8.97. The summed E-state index contributed by atoms with van der Waals surface area (Å²) < 4.78 is 0. The molecule has 1 heterocycles. The molecule has 66 valence electrons. The third kappa shape index (κ3) is 2.48. The Morgan fingerprint density at radius 1 is 1.83 bits per heavy atom. The van der Waals surface area contributed by atoms with Gasteiger partial charge in [0.2, 0.25) is 0 Å². The summed E-state index contributed by atoms with van der Waals surface area (Å²) in [5.41, 5.74) is 6.09. The molecule has 0 aromatic carbocycles. The second kappa shape index (κ2) is 4.03. The van der Waals surface area contributed by atoms with Crippen molar-refractivity contribution in [1.29, 1.82) is 0 Å². The first kappa shape index (κ1) is 8.95. The zero-order valence-electron chi connectivity index (χ0n) is 6.28. The summed E-state index contributed by atoms with van der Waals surface area (Å²) in [4.78, 5) is 14.2. The number of aliphatic carboxylic acids is 1. The highest BCUT2D eigenvalue weighted by Crippen LogP contribution is 2.13. The van der Waals surface area contributed by atoms with Crippen molar-refractivity contribution in [3.8, 4) is 0 Å². The number of nitrogens with zero attached hydrogens (tertiary/aromatic N) is 1. The lowest BCUT2D eigenvalue weighted by molar-refractivity contribution is -0.134. The van der Waals surface area contributed by atoms with Crippen molar-refractivity contribution in [1.82, 2.24) is 4.98 Å². The number of rotatable bonds is 4. The number of nitrogens with one attached hydrogen (secondary N) is 1. The number of carbonyl (C=O) groups is 1. The van der Waals surface area contributed by atoms with Crippen molar-refractivity contribution in [2.75, 3.05) is 11.9 Å². The fourth-order valence-electron chi connectivity index (χ4n) is 0.633. The van der Waals surface area contributed by atoms with Gasteiger partial charge in [0.05, 0.1) is 5.69 Å². The smallest absolute Gasteiger partial charge is 0.322 e. The lowest BCUT2D eigenvalue weighted by atomic mass is 10.5. The van der Waals surface area contributed by atoms with Crippen molar-refractivity contribution in [2.24, 2.45) is 5.73 Å². The third-order valence-corrected chi connectivity index (χ3v) is 2.00.